The van der Waals surface area contributed by atoms with E-state index in [1.165, 1.54) is 0 Å². The molecule has 1 aromatic heterocycles. The Morgan fingerprint density at radius 2 is 1.88 bits per heavy atom. The van der Waals surface area contributed by atoms with Crippen LogP contribution in [0.2, 0.25) is 10.0 Å². The van der Waals surface area contributed by atoms with Gasteiger partial charge in [0.05, 0.1) is 10.0 Å². The number of hydrogen-bond donors (Lipinski definition) is 2. The fourth-order valence-corrected chi connectivity index (χ4v) is 1.95. The van der Waals surface area contributed by atoms with Crippen LogP contribution < -0.4 is 10.6 Å². The Morgan fingerprint density at radius 3 is 2.44 bits per heavy atom. The van der Waals surface area contributed by atoms with E-state index in [9.17, 15) is 0 Å². The number of rotatable bonds is 6. The molecule has 6 heteroatoms. The molecule has 0 saturated carbocycles. The summed E-state index contributed by atoms with van der Waals surface area (Å²) in [6, 6.07) is 1.70. The summed E-state index contributed by atoms with van der Waals surface area (Å²) >= 11 is 13.8. The number of nitrogens with one attached hydrogen (secondary N) is 2. The molecule has 1 heterocycles. The van der Waals surface area contributed by atoms with E-state index < -0.39 is 0 Å². The molecule has 3 nitrogen and oxygen atoms in total. The number of thioether (sulfide) groups is 1. The lowest BCUT2D eigenvalue weighted by atomic mass is 10.4. The third kappa shape index (κ3) is 3.92. The molecular formula is C10H15Cl2N3S. The van der Waals surface area contributed by atoms with Gasteiger partial charge in [0, 0.05) is 18.8 Å². The molecule has 0 aliphatic rings. The molecule has 0 saturated heterocycles. The van der Waals surface area contributed by atoms with Crippen LogP contribution in [0.4, 0.5) is 11.6 Å². The van der Waals surface area contributed by atoms with E-state index in [0.717, 1.165) is 18.8 Å². The minimum atomic E-state index is 0.544. The van der Waals surface area contributed by atoms with E-state index in [2.05, 4.69) is 21.9 Å². The Hall–Kier alpha value is -0.320. The van der Waals surface area contributed by atoms with Crippen molar-refractivity contribution in [2.45, 2.75) is 6.92 Å². The van der Waals surface area contributed by atoms with Gasteiger partial charge in [-0.1, -0.05) is 23.2 Å². The van der Waals surface area contributed by atoms with Crippen molar-refractivity contribution in [3.8, 4) is 0 Å². The van der Waals surface area contributed by atoms with Gasteiger partial charge in [0.2, 0.25) is 0 Å². The SMILES string of the molecule is CCNc1nc(NCCSC)c(Cl)cc1Cl. The Bertz CT molecular complexity index is 347. The van der Waals surface area contributed by atoms with Crippen LogP contribution in [-0.2, 0) is 0 Å². The maximum Gasteiger partial charge on any atom is 0.147 e. The van der Waals surface area contributed by atoms with Gasteiger partial charge in [0.25, 0.3) is 0 Å². The summed E-state index contributed by atoms with van der Waals surface area (Å²) in [5, 5.41) is 7.36. The predicted molar refractivity (Wildman–Crippen MR) is 75.3 cm³/mol. The Labute approximate surface area is 110 Å². The van der Waals surface area contributed by atoms with Crippen LogP contribution in [0.1, 0.15) is 6.92 Å². The van der Waals surface area contributed by atoms with Crippen LogP contribution in [0, 0.1) is 0 Å². The van der Waals surface area contributed by atoms with E-state index in [1.807, 2.05) is 6.92 Å². The van der Waals surface area contributed by atoms with Crippen molar-refractivity contribution < 1.29 is 0 Å². The molecule has 0 atom stereocenters. The number of pyridine rings is 1. The zero-order valence-electron chi connectivity index (χ0n) is 9.31. The fourth-order valence-electron chi connectivity index (χ4n) is 1.15. The molecule has 0 fully saturated rings. The first-order valence-electron chi connectivity index (χ1n) is 5.01. The van der Waals surface area contributed by atoms with Crippen LogP contribution in [-0.4, -0.2) is 30.1 Å². The summed E-state index contributed by atoms with van der Waals surface area (Å²) < 4.78 is 0. The summed E-state index contributed by atoms with van der Waals surface area (Å²) in [6.07, 6.45) is 2.06. The number of aromatic nitrogens is 1. The van der Waals surface area contributed by atoms with Crippen molar-refractivity contribution in [2.75, 3.05) is 35.7 Å². The Balaban J connectivity index is 2.78. The van der Waals surface area contributed by atoms with Gasteiger partial charge < -0.3 is 10.6 Å². The molecule has 0 amide bonds. The largest absolute Gasteiger partial charge is 0.369 e. The van der Waals surface area contributed by atoms with E-state index in [1.54, 1.807) is 17.8 Å². The molecule has 0 unspecified atom stereocenters. The maximum absolute atomic E-state index is 6.04. The smallest absolute Gasteiger partial charge is 0.147 e. The Kier molecular flexibility index (Phi) is 6.09. The number of hydrogen-bond acceptors (Lipinski definition) is 4. The minimum Gasteiger partial charge on any atom is -0.369 e. The highest BCUT2D eigenvalue weighted by molar-refractivity contribution is 7.98. The van der Waals surface area contributed by atoms with Crippen molar-refractivity contribution in [1.82, 2.24) is 4.98 Å². The second-order valence-electron chi connectivity index (χ2n) is 3.10. The molecule has 1 rings (SSSR count). The van der Waals surface area contributed by atoms with Gasteiger partial charge >= 0.3 is 0 Å². The second kappa shape index (κ2) is 7.09. The molecule has 90 valence electrons. The highest BCUT2D eigenvalue weighted by Gasteiger charge is 2.07. The molecule has 0 radical (unpaired) electrons. The summed E-state index contributed by atoms with van der Waals surface area (Å²) in [4.78, 5) is 4.34. The van der Waals surface area contributed by atoms with E-state index >= 15 is 0 Å². The molecule has 0 aromatic carbocycles. The monoisotopic (exact) mass is 279 g/mol. The van der Waals surface area contributed by atoms with Crippen molar-refractivity contribution in [2.24, 2.45) is 0 Å². The van der Waals surface area contributed by atoms with Gasteiger partial charge in [0.1, 0.15) is 11.6 Å². The number of anilines is 2. The van der Waals surface area contributed by atoms with Crippen LogP contribution >= 0.6 is 35.0 Å². The zero-order valence-corrected chi connectivity index (χ0v) is 11.6. The minimum absolute atomic E-state index is 0.544. The summed E-state index contributed by atoms with van der Waals surface area (Å²) in [5.41, 5.74) is 0. The molecule has 0 aliphatic carbocycles. The predicted octanol–water partition coefficient (Wildman–Crippen LogP) is 3.60. The fraction of sp³-hybridized carbons (Fsp3) is 0.500. The van der Waals surface area contributed by atoms with Gasteiger partial charge in [-0.15, -0.1) is 0 Å². The average molecular weight is 280 g/mol. The number of nitrogens with zero attached hydrogens (tertiary/aromatic N) is 1. The molecule has 1 aromatic rings. The van der Waals surface area contributed by atoms with Crippen molar-refractivity contribution in [3.05, 3.63) is 16.1 Å². The normalized spacial score (nSPS) is 10.2. The first-order chi connectivity index (χ1) is 7.69. The highest BCUT2D eigenvalue weighted by atomic mass is 35.5. The molecule has 16 heavy (non-hydrogen) atoms. The van der Waals surface area contributed by atoms with Crippen LogP contribution in [0.15, 0.2) is 6.07 Å². The first kappa shape index (κ1) is 13.7. The van der Waals surface area contributed by atoms with Crippen LogP contribution in [0.25, 0.3) is 0 Å². The molecule has 0 aliphatic heterocycles. The lowest BCUT2D eigenvalue weighted by Gasteiger charge is -2.11. The summed E-state index contributed by atoms with van der Waals surface area (Å²) in [6.45, 7) is 3.60. The second-order valence-corrected chi connectivity index (χ2v) is 4.90. The molecule has 0 spiro atoms. The topological polar surface area (TPSA) is 37.0 Å². The summed E-state index contributed by atoms with van der Waals surface area (Å²) in [5.74, 6) is 2.35. The van der Waals surface area contributed by atoms with Crippen molar-refractivity contribution >= 4 is 46.6 Å². The third-order valence-electron chi connectivity index (χ3n) is 1.87. The molecule has 0 bridgehead atoms. The highest BCUT2D eigenvalue weighted by Crippen LogP contribution is 2.28. The molecular weight excluding hydrogens is 265 g/mol. The zero-order chi connectivity index (χ0) is 12.0. The first-order valence-corrected chi connectivity index (χ1v) is 7.16. The van der Waals surface area contributed by atoms with Gasteiger partial charge in [-0.2, -0.15) is 11.8 Å². The quantitative estimate of drug-likeness (QED) is 0.781. The lowest BCUT2D eigenvalue weighted by molar-refractivity contribution is 1.13. The van der Waals surface area contributed by atoms with Crippen molar-refractivity contribution in [3.63, 3.8) is 0 Å². The average Bonchev–Trinajstić information content (AvgIpc) is 2.25. The van der Waals surface area contributed by atoms with Gasteiger partial charge in [-0.05, 0) is 19.2 Å². The van der Waals surface area contributed by atoms with E-state index in [0.29, 0.717) is 21.7 Å². The van der Waals surface area contributed by atoms with Gasteiger partial charge in [-0.3, -0.25) is 0 Å². The summed E-state index contributed by atoms with van der Waals surface area (Å²) in [7, 11) is 0. The van der Waals surface area contributed by atoms with Crippen LogP contribution in [0.3, 0.4) is 0 Å². The maximum atomic E-state index is 6.04. The van der Waals surface area contributed by atoms with Crippen molar-refractivity contribution in [1.29, 1.82) is 0 Å². The van der Waals surface area contributed by atoms with E-state index in [4.69, 9.17) is 23.2 Å². The van der Waals surface area contributed by atoms with Gasteiger partial charge in [-0.25, -0.2) is 4.98 Å². The van der Waals surface area contributed by atoms with E-state index in [-0.39, 0.29) is 0 Å². The van der Waals surface area contributed by atoms with Gasteiger partial charge in [0.15, 0.2) is 0 Å². The number of halogens is 2. The standard InChI is InChI=1S/C10H15Cl2N3S/c1-3-13-9-7(11)6-8(12)10(15-9)14-4-5-16-2/h6H,3-5H2,1-2H3,(H2,13,14,15). The van der Waals surface area contributed by atoms with Crippen LogP contribution in [0.5, 0.6) is 0 Å². The Morgan fingerprint density at radius 1 is 1.25 bits per heavy atom. The lowest BCUT2D eigenvalue weighted by Crippen LogP contribution is -2.08. The molecule has 2 N–H and O–H groups in total. The third-order valence-corrected chi connectivity index (χ3v) is 3.06.